The molecule has 0 bridgehead atoms. The van der Waals surface area contributed by atoms with E-state index in [1.807, 2.05) is 0 Å². The van der Waals surface area contributed by atoms with E-state index >= 15 is 0 Å². The van der Waals surface area contributed by atoms with Crippen molar-refractivity contribution in [3.05, 3.63) is 64.8 Å². The normalized spacial score (nSPS) is 26.4. The molecule has 1 saturated carbocycles. The van der Waals surface area contributed by atoms with Crippen LogP contribution in [-0.2, 0) is 18.3 Å². The Hall–Kier alpha value is -2.26. The number of hydrogen-bond acceptors (Lipinski definition) is 2. The van der Waals surface area contributed by atoms with Gasteiger partial charge in [-0.15, -0.1) is 0 Å². The third-order valence-electron chi connectivity index (χ3n) is 8.17. The Labute approximate surface area is 179 Å². The smallest absolute Gasteiger partial charge is 0.119 e. The monoisotopic (exact) mass is 400 g/mol. The Morgan fingerprint density at radius 1 is 1.17 bits per heavy atom. The van der Waals surface area contributed by atoms with Crippen LogP contribution in [0.1, 0.15) is 41.6 Å². The topological polar surface area (TPSA) is 28.3 Å². The third-order valence-corrected chi connectivity index (χ3v) is 8.17. The SMILES string of the molecule is COc1cccc([C@]23CCN(CC4CC4)CC2Cc2c([nH]c4c(C)cccc24)C3)c1. The van der Waals surface area contributed by atoms with Crippen molar-refractivity contribution in [1.29, 1.82) is 0 Å². The van der Waals surface area contributed by atoms with Gasteiger partial charge in [-0.25, -0.2) is 0 Å². The maximum Gasteiger partial charge on any atom is 0.119 e. The highest BCUT2D eigenvalue weighted by Crippen LogP contribution is 2.50. The lowest BCUT2D eigenvalue weighted by atomic mass is 9.58. The van der Waals surface area contributed by atoms with Crippen LogP contribution in [0.3, 0.4) is 0 Å². The summed E-state index contributed by atoms with van der Waals surface area (Å²) in [6.07, 6.45) is 6.41. The summed E-state index contributed by atoms with van der Waals surface area (Å²) in [5, 5.41) is 1.45. The largest absolute Gasteiger partial charge is 0.497 e. The Bertz CT molecular complexity index is 1100. The van der Waals surface area contributed by atoms with E-state index in [4.69, 9.17) is 4.74 Å². The minimum absolute atomic E-state index is 0.205. The Balaban J connectivity index is 1.45. The molecule has 3 aliphatic rings. The number of aromatic amines is 1. The Morgan fingerprint density at radius 2 is 2.03 bits per heavy atom. The average Bonchev–Trinajstić information content (AvgIpc) is 3.51. The molecule has 1 aromatic heterocycles. The molecule has 1 aliphatic heterocycles. The molecule has 0 radical (unpaired) electrons. The van der Waals surface area contributed by atoms with Crippen molar-refractivity contribution in [3.8, 4) is 5.75 Å². The first kappa shape index (κ1) is 18.5. The van der Waals surface area contributed by atoms with Gasteiger partial charge in [-0.1, -0.05) is 30.3 Å². The van der Waals surface area contributed by atoms with Crippen molar-refractivity contribution in [2.75, 3.05) is 26.7 Å². The average molecular weight is 401 g/mol. The maximum absolute atomic E-state index is 5.62. The number of rotatable bonds is 4. The summed E-state index contributed by atoms with van der Waals surface area (Å²) in [5.41, 5.74) is 7.42. The molecule has 0 spiro atoms. The number of nitrogens with zero attached hydrogens (tertiary/aromatic N) is 1. The predicted molar refractivity (Wildman–Crippen MR) is 122 cm³/mol. The number of fused-ring (bicyclic) bond motifs is 4. The number of H-pyrrole nitrogens is 1. The number of methoxy groups -OCH3 is 1. The summed E-state index contributed by atoms with van der Waals surface area (Å²) in [6, 6.07) is 15.7. The number of para-hydroxylation sites is 1. The summed E-state index contributed by atoms with van der Waals surface area (Å²) in [6.45, 7) is 5.99. The first-order valence-electron chi connectivity index (χ1n) is 11.6. The zero-order valence-electron chi connectivity index (χ0n) is 18.2. The first-order chi connectivity index (χ1) is 14.7. The van der Waals surface area contributed by atoms with Gasteiger partial charge in [0.25, 0.3) is 0 Å². The molecule has 156 valence electrons. The number of likely N-dealkylation sites (tertiary alicyclic amines) is 1. The van der Waals surface area contributed by atoms with E-state index in [2.05, 4.69) is 59.3 Å². The van der Waals surface area contributed by atoms with Gasteiger partial charge in [0.1, 0.15) is 5.75 Å². The molecule has 2 fully saturated rings. The molecule has 30 heavy (non-hydrogen) atoms. The molecule has 2 atom stereocenters. The van der Waals surface area contributed by atoms with Crippen LogP contribution in [0.15, 0.2) is 42.5 Å². The zero-order chi connectivity index (χ0) is 20.3. The first-order valence-corrected chi connectivity index (χ1v) is 11.6. The van der Waals surface area contributed by atoms with E-state index in [9.17, 15) is 0 Å². The highest BCUT2D eigenvalue weighted by molar-refractivity contribution is 5.87. The van der Waals surface area contributed by atoms with Gasteiger partial charge >= 0.3 is 0 Å². The van der Waals surface area contributed by atoms with Gasteiger partial charge in [-0.2, -0.15) is 0 Å². The van der Waals surface area contributed by atoms with E-state index in [0.717, 1.165) is 18.1 Å². The minimum Gasteiger partial charge on any atom is -0.497 e. The quantitative estimate of drug-likeness (QED) is 0.648. The molecular weight excluding hydrogens is 368 g/mol. The second-order valence-corrected chi connectivity index (χ2v) is 10.00. The summed E-state index contributed by atoms with van der Waals surface area (Å²) >= 11 is 0. The van der Waals surface area contributed by atoms with Gasteiger partial charge in [0, 0.05) is 35.1 Å². The van der Waals surface area contributed by atoms with E-state index < -0.39 is 0 Å². The van der Waals surface area contributed by atoms with Crippen molar-refractivity contribution in [1.82, 2.24) is 9.88 Å². The highest BCUT2D eigenvalue weighted by Gasteiger charge is 2.48. The minimum atomic E-state index is 0.205. The number of hydrogen-bond donors (Lipinski definition) is 1. The molecule has 1 N–H and O–H groups in total. The number of nitrogens with one attached hydrogen (secondary N) is 1. The molecule has 0 amide bonds. The van der Waals surface area contributed by atoms with Gasteiger partial charge in [0.2, 0.25) is 0 Å². The fourth-order valence-electron chi connectivity index (χ4n) is 6.30. The fourth-order valence-corrected chi connectivity index (χ4v) is 6.30. The number of aromatic nitrogens is 1. The van der Waals surface area contributed by atoms with Crippen LogP contribution in [0, 0.1) is 18.8 Å². The molecule has 2 aromatic carbocycles. The fraction of sp³-hybridized carbons (Fsp3) is 0.481. The van der Waals surface area contributed by atoms with Crippen LogP contribution in [0.5, 0.6) is 5.75 Å². The predicted octanol–water partition coefficient (Wildman–Crippen LogP) is 5.25. The molecule has 1 unspecified atom stereocenters. The van der Waals surface area contributed by atoms with Crippen molar-refractivity contribution in [2.45, 2.75) is 44.4 Å². The Morgan fingerprint density at radius 3 is 2.87 bits per heavy atom. The molecular formula is C27H32N2O. The van der Waals surface area contributed by atoms with Crippen LogP contribution in [0.25, 0.3) is 10.9 Å². The molecule has 3 aromatic rings. The molecule has 2 heterocycles. The number of piperidine rings is 1. The van der Waals surface area contributed by atoms with Crippen LogP contribution in [0.2, 0.25) is 0 Å². The van der Waals surface area contributed by atoms with Gasteiger partial charge in [-0.05, 0) is 86.2 Å². The molecule has 3 heteroatoms. The molecule has 2 aliphatic carbocycles. The van der Waals surface area contributed by atoms with E-state index in [1.54, 1.807) is 12.7 Å². The van der Waals surface area contributed by atoms with E-state index in [-0.39, 0.29) is 5.41 Å². The van der Waals surface area contributed by atoms with Gasteiger partial charge in [0.05, 0.1) is 7.11 Å². The van der Waals surface area contributed by atoms with Crippen molar-refractivity contribution in [3.63, 3.8) is 0 Å². The third kappa shape index (κ3) is 2.90. The molecule has 6 rings (SSSR count). The van der Waals surface area contributed by atoms with Crippen LogP contribution in [0.4, 0.5) is 0 Å². The lowest BCUT2D eigenvalue weighted by Gasteiger charge is -2.51. The van der Waals surface area contributed by atoms with Crippen LogP contribution >= 0.6 is 0 Å². The van der Waals surface area contributed by atoms with Crippen molar-refractivity contribution < 1.29 is 4.74 Å². The maximum atomic E-state index is 5.62. The number of ether oxygens (including phenoxy) is 1. The van der Waals surface area contributed by atoms with Gasteiger partial charge in [-0.3, -0.25) is 0 Å². The second-order valence-electron chi connectivity index (χ2n) is 10.00. The lowest BCUT2D eigenvalue weighted by Crippen LogP contribution is -2.54. The van der Waals surface area contributed by atoms with Crippen molar-refractivity contribution >= 4 is 10.9 Å². The molecule has 1 saturated heterocycles. The highest BCUT2D eigenvalue weighted by atomic mass is 16.5. The van der Waals surface area contributed by atoms with Crippen LogP contribution in [-0.4, -0.2) is 36.6 Å². The summed E-state index contributed by atoms with van der Waals surface area (Å²) in [7, 11) is 1.78. The summed E-state index contributed by atoms with van der Waals surface area (Å²) in [4.78, 5) is 6.62. The standard InChI is InChI=1S/C27H32N2O/c1-18-5-3-8-23-24-14-21-17-29(16-19-9-10-19)12-11-27(21,15-25(24)28-26(18)23)20-6-4-7-22(13-20)30-2/h3-8,13,19,21,28H,9-12,14-17H2,1-2H3/t21?,27-/m1/s1. The molecule has 3 nitrogen and oxygen atoms in total. The van der Waals surface area contributed by atoms with E-state index in [0.29, 0.717) is 5.92 Å². The Kier molecular flexibility index (Phi) is 4.24. The van der Waals surface area contributed by atoms with E-state index in [1.165, 1.54) is 73.0 Å². The summed E-state index contributed by atoms with van der Waals surface area (Å²) in [5.74, 6) is 2.60. The summed E-state index contributed by atoms with van der Waals surface area (Å²) < 4.78 is 5.62. The zero-order valence-corrected chi connectivity index (χ0v) is 18.2. The number of aryl methyl sites for hydroxylation is 1. The van der Waals surface area contributed by atoms with Gasteiger partial charge < -0.3 is 14.6 Å². The van der Waals surface area contributed by atoms with Crippen molar-refractivity contribution in [2.24, 2.45) is 11.8 Å². The lowest BCUT2D eigenvalue weighted by molar-refractivity contribution is 0.0783. The van der Waals surface area contributed by atoms with Crippen LogP contribution < -0.4 is 4.74 Å². The second kappa shape index (κ2) is 6.88. The van der Waals surface area contributed by atoms with Gasteiger partial charge in [0.15, 0.2) is 0 Å². The number of benzene rings is 2.